The number of hydrogen-bond donors (Lipinski definition) is 0. The van der Waals surface area contributed by atoms with Gasteiger partial charge >= 0.3 is 0 Å². The lowest BCUT2D eigenvalue weighted by Crippen LogP contribution is -2.24. The summed E-state index contributed by atoms with van der Waals surface area (Å²) in [4.78, 5) is 32.6. The maximum Gasteiger partial charge on any atom is 0.263 e. The van der Waals surface area contributed by atoms with Crippen LogP contribution in [0, 0.1) is 13.8 Å². The third kappa shape index (κ3) is 5.05. The number of thioether (sulfide) groups is 1. The molecule has 0 spiro atoms. The van der Waals surface area contributed by atoms with Gasteiger partial charge < -0.3 is 0 Å². The van der Waals surface area contributed by atoms with E-state index in [9.17, 15) is 9.59 Å². The lowest BCUT2D eigenvalue weighted by atomic mass is 10.1. The first-order chi connectivity index (χ1) is 15.4. The highest BCUT2D eigenvalue weighted by Crippen LogP contribution is 2.29. The normalized spacial score (nSPS) is 11.2. The fraction of sp³-hybridized carbons (Fsp3) is 0.240. The maximum atomic E-state index is 13.4. The van der Waals surface area contributed by atoms with Gasteiger partial charge in [0.25, 0.3) is 5.56 Å². The van der Waals surface area contributed by atoms with Gasteiger partial charge in [0.2, 0.25) is 0 Å². The molecule has 0 amide bonds. The summed E-state index contributed by atoms with van der Waals surface area (Å²) >= 11 is 6.51. The molecule has 4 nitrogen and oxygen atoms in total. The molecular weight excluding hydrogens is 504 g/mol. The van der Waals surface area contributed by atoms with E-state index in [0.717, 1.165) is 48.4 Å². The molecule has 2 aromatic carbocycles. The Kier molecular flexibility index (Phi) is 7.28. The van der Waals surface area contributed by atoms with Gasteiger partial charge in [0.15, 0.2) is 10.9 Å². The van der Waals surface area contributed by atoms with Crippen LogP contribution in [0.15, 0.2) is 69.0 Å². The van der Waals surface area contributed by atoms with E-state index in [0.29, 0.717) is 18.1 Å². The predicted octanol–water partition coefficient (Wildman–Crippen LogP) is 6.64. The fourth-order valence-corrected chi connectivity index (χ4v) is 5.77. The summed E-state index contributed by atoms with van der Waals surface area (Å²) in [5.74, 6) is 0.853. The van der Waals surface area contributed by atoms with Gasteiger partial charge in [-0.05, 0) is 43.5 Å². The highest BCUT2D eigenvalue weighted by Gasteiger charge is 2.17. The van der Waals surface area contributed by atoms with E-state index >= 15 is 0 Å². The van der Waals surface area contributed by atoms with Crippen LogP contribution in [0.25, 0.3) is 10.2 Å². The van der Waals surface area contributed by atoms with Gasteiger partial charge in [-0.15, -0.1) is 11.3 Å². The van der Waals surface area contributed by atoms with E-state index < -0.39 is 0 Å². The molecule has 0 fully saturated rings. The second kappa shape index (κ2) is 10.1. The van der Waals surface area contributed by atoms with Crippen molar-refractivity contribution in [3.05, 3.63) is 91.0 Å². The zero-order chi connectivity index (χ0) is 22.7. The fourth-order valence-electron chi connectivity index (χ4n) is 3.50. The van der Waals surface area contributed by atoms with Crippen molar-refractivity contribution in [2.24, 2.45) is 0 Å². The molecule has 32 heavy (non-hydrogen) atoms. The number of thiophene rings is 1. The lowest BCUT2D eigenvalue weighted by Gasteiger charge is -2.12. The number of carbonyl (C=O) groups excluding carboxylic acids is 1. The summed E-state index contributed by atoms with van der Waals surface area (Å²) in [6.07, 6.45) is 1.19. The highest BCUT2D eigenvalue weighted by atomic mass is 79.9. The van der Waals surface area contributed by atoms with E-state index in [-0.39, 0.29) is 11.3 Å². The van der Waals surface area contributed by atoms with Crippen LogP contribution in [0.4, 0.5) is 0 Å². The topological polar surface area (TPSA) is 52.0 Å². The zero-order valence-corrected chi connectivity index (χ0v) is 21.1. The molecule has 0 saturated heterocycles. The Morgan fingerprint density at radius 2 is 1.81 bits per heavy atom. The van der Waals surface area contributed by atoms with Gasteiger partial charge in [-0.3, -0.25) is 14.2 Å². The van der Waals surface area contributed by atoms with Crippen molar-refractivity contribution in [1.29, 1.82) is 0 Å². The Labute approximate surface area is 203 Å². The maximum absolute atomic E-state index is 13.4. The molecule has 0 aliphatic carbocycles. The average molecular weight is 528 g/mol. The number of fused-ring (bicyclic) bond motifs is 1. The van der Waals surface area contributed by atoms with Gasteiger partial charge in [0, 0.05) is 27.1 Å². The Balaban J connectivity index is 1.54. The second-order valence-electron chi connectivity index (χ2n) is 7.62. The first kappa shape index (κ1) is 23.0. The molecule has 4 rings (SSSR count). The molecule has 4 aromatic rings. The molecular formula is C25H23BrN2O2S2. The van der Waals surface area contributed by atoms with Crippen molar-refractivity contribution >= 4 is 55.0 Å². The number of ketones is 1. The largest absolute Gasteiger partial charge is 0.294 e. The average Bonchev–Trinajstić information content (AvgIpc) is 3.08. The Hall–Kier alpha value is -2.22. The Morgan fingerprint density at radius 3 is 2.53 bits per heavy atom. The van der Waals surface area contributed by atoms with E-state index in [1.165, 1.54) is 0 Å². The quantitative estimate of drug-likeness (QED) is 0.112. The minimum absolute atomic E-state index is 0.00846. The van der Waals surface area contributed by atoms with Crippen LogP contribution in [-0.4, -0.2) is 21.1 Å². The molecule has 0 unspecified atom stereocenters. The summed E-state index contributed by atoms with van der Waals surface area (Å²) in [6, 6.07) is 17.4. The predicted molar refractivity (Wildman–Crippen MR) is 137 cm³/mol. The first-order valence-electron chi connectivity index (χ1n) is 10.4. The summed E-state index contributed by atoms with van der Waals surface area (Å²) in [7, 11) is 0. The number of benzene rings is 2. The van der Waals surface area contributed by atoms with E-state index in [4.69, 9.17) is 4.98 Å². The summed E-state index contributed by atoms with van der Waals surface area (Å²) < 4.78 is 2.74. The van der Waals surface area contributed by atoms with Crippen molar-refractivity contribution in [2.45, 2.75) is 38.4 Å². The van der Waals surface area contributed by atoms with Gasteiger partial charge in [-0.1, -0.05) is 70.2 Å². The minimum atomic E-state index is 0.00846. The van der Waals surface area contributed by atoms with Crippen molar-refractivity contribution in [3.8, 4) is 0 Å². The standard InChI is InChI=1S/C25H23BrN2O2S2/c1-16-17(2)32-23-22(16)24(30)28(15-18-7-4-3-5-8-18)25(27-23)31-14-6-9-21(29)19-10-12-20(26)13-11-19/h3-5,7-8,10-13H,6,9,14-15H2,1-2H3. The molecule has 2 heterocycles. The first-order valence-corrected chi connectivity index (χ1v) is 13.0. The van der Waals surface area contributed by atoms with Gasteiger partial charge in [0.1, 0.15) is 4.83 Å². The molecule has 0 aliphatic heterocycles. The molecule has 0 atom stereocenters. The number of nitrogens with zero attached hydrogens (tertiary/aromatic N) is 2. The van der Waals surface area contributed by atoms with E-state index in [1.54, 1.807) is 27.7 Å². The molecule has 2 aromatic heterocycles. The number of rotatable bonds is 8. The molecule has 0 N–H and O–H groups in total. The lowest BCUT2D eigenvalue weighted by molar-refractivity contribution is 0.0982. The van der Waals surface area contributed by atoms with Crippen molar-refractivity contribution in [2.75, 3.05) is 5.75 Å². The SMILES string of the molecule is Cc1sc2nc(SCCCC(=O)c3ccc(Br)cc3)n(Cc3ccccc3)c(=O)c2c1C. The van der Waals surface area contributed by atoms with E-state index in [1.807, 2.05) is 68.4 Å². The van der Waals surface area contributed by atoms with Crippen LogP contribution in [0.3, 0.4) is 0 Å². The van der Waals surface area contributed by atoms with Gasteiger partial charge in [0.05, 0.1) is 11.9 Å². The van der Waals surface area contributed by atoms with Crippen LogP contribution < -0.4 is 5.56 Å². The summed E-state index contributed by atoms with van der Waals surface area (Å²) in [5, 5.41) is 1.43. The molecule has 7 heteroatoms. The number of aromatic nitrogens is 2. The van der Waals surface area contributed by atoms with Crippen LogP contribution in [0.5, 0.6) is 0 Å². The molecule has 0 saturated carbocycles. The molecule has 164 valence electrons. The second-order valence-corrected chi connectivity index (χ2v) is 10.8. The minimum Gasteiger partial charge on any atom is -0.294 e. The number of aryl methyl sites for hydroxylation is 2. The Morgan fingerprint density at radius 1 is 1.09 bits per heavy atom. The summed E-state index contributed by atoms with van der Waals surface area (Å²) in [5.41, 5.74) is 2.81. The van der Waals surface area contributed by atoms with Gasteiger partial charge in [-0.2, -0.15) is 0 Å². The van der Waals surface area contributed by atoms with Crippen LogP contribution >= 0.6 is 39.0 Å². The summed E-state index contributed by atoms with van der Waals surface area (Å²) in [6.45, 7) is 4.50. The third-order valence-corrected chi connectivity index (χ3v) is 8.08. The number of halogens is 1. The van der Waals surface area contributed by atoms with Crippen molar-refractivity contribution < 1.29 is 4.79 Å². The molecule has 0 bridgehead atoms. The van der Waals surface area contributed by atoms with Crippen LogP contribution in [0.2, 0.25) is 0 Å². The van der Waals surface area contributed by atoms with Crippen LogP contribution in [-0.2, 0) is 6.54 Å². The van der Waals surface area contributed by atoms with Crippen molar-refractivity contribution in [1.82, 2.24) is 9.55 Å². The van der Waals surface area contributed by atoms with E-state index in [2.05, 4.69) is 15.9 Å². The monoisotopic (exact) mass is 526 g/mol. The van der Waals surface area contributed by atoms with Crippen molar-refractivity contribution in [3.63, 3.8) is 0 Å². The van der Waals surface area contributed by atoms with Crippen LogP contribution in [0.1, 0.15) is 39.2 Å². The Bertz CT molecular complexity index is 1310. The number of hydrogen-bond acceptors (Lipinski definition) is 5. The molecule has 0 radical (unpaired) electrons. The van der Waals surface area contributed by atoms with Gasteiger partial charge in [-0.25, -0.2) is 4.98 Å². The highest BCUT2D eigenvalue weighted by molar-refractivity contribution is 9.10. The number of Topliss-reactive ketones (excluding diaryl/α,β-unsaturated/α-hetero) is 1. The smallest absolute Gasteiger partial charge is 0.263 e. The third-order valence-electron chi connectivity index (χ3n) is 5.38. The zero-order valence-electron chi connectivity index (χ0n) is 17.9. The number of carbonyl (C=O) groups is 1. The molecule has 0 aliphatic rings.